The van der Waals surface area contributed by atoms with Crippen molar-refractivity contribution in [3.63, 3.8) is 0 Å². The summed E-state index contributed by atoms with van der Waals surface area (Å²) in [7, 11) is -3.10. The van der Waals surface area contributed by atoms with E-state index in [0.717, 1.165) is 16.8 Å². The standard InChI is InChI=1S/C13H20N4O2S/c1-10-9-11(3-4-12(10)13(14)15)16-5-7-17(8-6-16)20(2,18)19/h3-4,9H,5-8H2,1-2H3,(H3,14,15). The number of aryl methyl sites for hydroxylation is 1. The minimum Gasteiger partial charge on any atom is -0.384 e. The van der Waals surface area contributed by atoms with Gasteiger partial charge in [-0.3, -0.25) is 5.41 Å². The monoisotopic (exact) mass is 296 g/mol. The van der Waals surface area contributed by atoms with Crippen molar-refractivity contribution in [2.75, 3.05) is 37.3 Å². The third-order valence-electron chi connectivity index (χ3n) is 3.57. The lowest BCUT2D eigenvalue weighted by Crippen LogP contribution is -2.48. The van der Waals surface area contributed by atoms with E-state index in [0.29, 0.717) is 26.2 Å². The van der Waals surface area contributed by atoms with Gasteiger partial charge in [-0.25, -0.2) is 8.42 Å². The Morgan fingerprint density at radius 2 is 1.85 bits per heavy atom. The van der Waals surface area contributed by atoms with Crippen LogP contribution in [0.2, 0.25) is 0 Å². The first-order valence-corrected chi connectivity index (χ1v) is 8.29. The molecule has 2 rings (SSSR count). The van der Waals surface area contributed by atoms with Gasteiger partial charge in [0.2, 0.25) is 10.0 Å². The summed E-state index contributed by atoms with van der Waals surface area (Å²) < 4.78 is 24.4. The minimum atomic E-state index is -3.10. The van der Waals surface area contributed by atoms with Crippen LogP contribution in [0.25, 0.3) is 0 Å². The van der Waals surface area contributed by atoms with Crippen LogP contribution in [0, 0.1) is 12.3 Å². The summed E-state index contributed by atoms with van der Waals surface area (Å²) in [5.74, 6) is 0.0657. The Labute approximate surface area is 119 Å². The van der Waals surface area contributed by atoms with Gasteiger partial charge < -0.3 is 10.6 Å². The summed E-state index contributed by atoms with van der Waals surface area (Å²) in [6.45, 7) is 4.28. The van der Waals surface area contributed by atoms with Crippen molar-refractivity contribution < 1.29 is 8.42 Å². The molecule has 1 aliphatic rings. The summed E-state index contributed by atoms with van der Waals surface area (Å²) in [6.07, 6.45) is 1.24. The highest BCUT2D eigenvalue weighted by Gasteiger charge is 2.23. The zero-order chi connectivity index (χ0) is 14.9. The first-order valence-electron chi connectivity index (χ1n) is 6.44. The second kappa shape index (κ2) is 5.41. The van der Waals surface area contributed by atoms with Crippen LogP contribution in [0.4, 0.5) is 5.69 Å². The Kier molecular flexibility index (Phi) is 4.01. The van der Waals surface area contributed by atoms with E-state index in [1.54, 1.807) is 0 Å². The fraction of sp³-hybridized carbons (Fsp3) is 0.462. The van der Waals surface area contributed by atoms with Crippen LogP contribution in [0.15, 0.2) is 18.2 Å². The van der Waals surface area contributed by atoms with Crippen LogP contribution in [0.3, 0.4) is 0 Å². The van der Waals surface area contributed by atoms with Crippen molar-refractivity contribution in [1.82, 2.24) is 4.31 Å². The molecule has 0 atom stereocenters. The largest absolute Gasteiger partial charge is 0.384 e. The average molecular weight is 296 g/mol. The van der Waals surface area contributed by atoms with E-state index in [4.69, 9.17) is 11.1 Å². The second-order valence-corrected chi connectivity index (χ2v) is 7.04. The Morgan fingerprint density at radius 3 is 2.30 bits per heavy atom. The van der Waals surface area contributed by atoms with Gasteiger partial charge in [0.15, 0.2) is 0 Å². The van der Waals surface area contributed by atoms with Crippen molar-refractivity contribution in [2.24, 2.45) is 5.73 Å². The Bertz CT molecular complexity index is 619. The molecule has 1 aromatic rings. The topological polar surface area (TPSA) is 90.5 Å². The molecule has 0 amide bonds. The van der Waals surface area contributed by atoms with Gasteiger partial charge in [-0.2, -0.15) is 4.31 Å². The molecular weight excluding hydrogens is 276 g/mol. The lowest BCUT2D eigenvalue weighted by atomic mass is 10.1. The van der Waals surface area contributed by atoms with E-state index in [-0.39, 0.29) is 5.84 Å². The molecule has 0 bridgehead atoms. The van der Waals surface area contributed by atoms with Crippen molar-refractivity contribution in [1.29, 1.82) is 5.41 Å². The number of sulfonamides is 1. The summed E-state index contributed by atoms with van der Waals surface area (Å²) in [4.78, 5) is 2.15. The molecule has 0 aromatic heterocycles. The summed E-state index contributed by atoms with van der Waals surface area (Å²) in [5, 5.41) is 7.48. The number of hydrogen-bond acceptors (Lipinski definition) is 4. The van der Waals surface area contributed by atoms with Crippen LogP contribution < -0.4 is 10.6 Å². The maximum absolute atomic E-state index is 11.5. The molecule has 0 radical (unpaired) electrons. The number of nitrogens with two attached hydrogens (primary N) is 1. The number of benzene rings is 1. The number of nitrogens with zero attached hydrogens (tertiary/aromatic N) is 2. The average Bonchev–Trinajstić information content (AvgIpc) is 2.37. The minimum absolute atomic E-state index is 0.0657. The number of nitrogen functional groups attached to an aromatic ring is 1. The lowest BCUT2D eigenvalue weighted by Gasteiger charge is -2.35. The summed E-state index contributed by atoms with van der Waals surface area (Å²) in [6, 6.07) is 5.77. The van der Waals surface area contributed by atoms with Gasteiger partial charge in [0.25, 0.3) is 0 Å². The normalized spacial score (nSPS) is 17.2. The smallest absolute Gasteiger partial charge is 0.211 e. The Morgan fingerprint density at radius 1 is 1.25 bits per heavy atom. The third kappa shape index (κ3) is 3.10. The molecule has 1 fully saturated rings. The van der Waals surface area contributed by atoms with E-state index in [9.17, 15) is 8.42 Å². The first-order chi connectivity index (χ1) is 9.29. The summed E-state index contributed by atoms with van der Waals surface area (Å²) >= 11 is 0. The first kappa shape index (κ1) is 14.8. The van der Waals surface area contributed by atoms with Gasteiger partial charge in [-0.05, 0) is 30.7 Å². The van der Waals surface area contributed by atoms with Gasteiger partial charge in [0, 0.05) is 37.4 Å². The Balaban J connectivity index is 2.11. The van der Waals surface area contributed by atoms with Crippen LogP contribution in [0.5, 0.6) is 0 Å². The van der Waals surface area contributed by atoms with E-state index >= 15 is 0 Å². The van der Waals surface area contributed by atoms with Gasteiger partial charge in [-0.15, -0.1) is 0 Å². The number of rotatable bonds is 3. The molecule has 1 heterocycles. The molecule has 1 aliphatic heterocycles. The molecule has 0 unspecified atom stereocenters. The van der Waals surface area contributed by atoms with Crippen molar-refractivity contribution in [3.05, 3.63) is 29.3 Å². The van der Waals surface area contributed by atoms with Crippen LogP contribution in [-0.4, -0.2) is 51.0 Å². The van der Waals surface area contributed by atoms with Crippen molar-refractivity contribution in [3.8, 4) is 0 Å². The molecule has 20 heavy (non-hydrogen) atoms. The van der Waals surface area contributed by atoms with Gasteiger partial charge in [-0.1, -0.05) is 0 Å². The van der Waals surface area contributed by atoms with E-state index < -0.39 is 10.0 Å². The number of anilines is 1. The summed E-state index contributed by atoms with van der Waals surface area (Å²) in [5.41, 5.74) is 8.25. The molecule has 1 saturated heterocycles. The molecule has 0 aliphatic carbocycles. The number of nitrogens with one attached hydrogen (secondary N) is 1. The highest BCUT2D eigenvalue weighted by molar-refractivity contribution is 7.88. The van der Waals surface area contributed by atoms with E-state index in [2.05, 4.69) is 4.90 Å². The second-order valence-electron chi connectivity index (χ2n) is 5.06. The molecule has 6 nitrogen and oxygen atoms in total. The van der Waals surface area contributed by atoms with Gasteiger partial charge in [0.1, 0.15) is 5.84 Å². The fourth-order valence-electron chi connectivity index (χ4n) is 2.42. The predicted octanol–water partition coefficient (Wildman–Crippen LogP) is 0.361. The highest BCUT2D eigenvalue weighted by atomic mass is 32.2. The third-order valence-corrected chi connectivity index (χ3v) is 4.88. The van der Waals surface area contributed by atoms with Crippen molar-refractivity contribution in [2.45, 2.75) is 6.92 Å². The van der Waals surface area contributed by atoms with E-state index in [1.165, 1.54) is 10.6 Å². The number of hydrogen-bond donors (Lipinski definition) is 2. The van der Waals surface area contributed by atoms with Crippen LogP contribution >= 0.6 is 0 Å². The van der Waals surface area contributed by atoms with E-state index in [1.807, 2.05) is 25.1 Å². The molecule has 0 spiro atoms. The van der Waals surface area contributed by atoms with Crippen LogP contribution in [0.1, 0.15) is 11.1 Å². The SMILES string of the molecule is Cc1cc(N2CCN(S(C)(=O)=O)CC2)ccc1C(=N)N. The maximum atomic E-state index is 11.5. The van der Waals surface area contributed by atoms with Gasteiger partial charge in [0.05, 0.1) is 6.26 Å². The number of amidine groups is 1. The molecule has 3 N–H and O–H groups in total. The zero-order valence-corrected chi connectivity index (χ0v) is 12.6. The predicted molar refractivity (Wildman–Crippen MR) is 80.8 cm³/mol. The van der Waals surface area contributed by atoms with Crippen molar-refractivity contribution >= 4 is 21.5 Å². The molecule has 1 aromatic carbocycles. The van der Waals surface area contributed by atoms with Gasteiger partial charge >= 0.3 is 0 Å². The number of piperazine rings is 1. The maximum Gasteiger partial charge on any atom is 0.211 e. The molecular formula is C13H20N4O2S. The molecule has 110 valence electrons. The van der Waals surface area contributed by atoms with Crippen LogP contribution in [-0.2, 0) is 10.0 Å². The molecule has 0 saturated carbocycles. The Hall–Kier alpha value is -1.60. The fourth-order valence-corrected chi connectivity index (χ4v) is 3.25. The highest BCUT2D eigenvalue weighted by Crippen LogP contribution is 2.21. The zero-order valence-electron chi connectivity index (χ0n) is 11.8. The molecule has 7 heteroatoms. The lowest BCUT2D eigenvalue weighted by molar-refractivity contribution is 0.388. The quantitative estimate of drug-likeness (QED) is 0.622.